The lowest BCUT2D eigenvalue weighted by Crippen LogP contribution is -2.31. The first-order valence-corrected chi connectivity index (χ1v) is 9.16. The van der Waals surface area contributed by atoms with E-state index in [4.69, 9.17) is 0 Å². The smallest absolute Gasteiger partial charge is 0.252 e. The van der Waals surface area contributed by atoms with E-state index in [-0.39, 0.29) is 11.9 Å². The number of nitrogens with zero attached hydrogens (tertiary/aromatic N) is 5. The van der Waals surface area contributed by atoms with Crippen LogP contribution in [0.5, 0.6) is 0 Å². The minimum Gasteiger partial charge on any atom is -0.345 e. The zero-order chi connectivity index (χ0) is 18.4. The van der Waals surface area contributed by atoms with Crippen LogP contribution >= 0.6 is 0 Å². The van der Waals surface area contributed by atoms with Gasteiger partial charge in [-0.05, 0) is 46.1 Å². The Hall–Kier alpha value is -2.70. The predicted molar refractivity (Wildman–Crippen MR) is 99.0 cm³/mol. The molecule has 0 spiro atoms. The van der Waals surface area contributed by atoms with Crippen molar-refractivity contribution in [1.82, 2.24) is 29.9 Å². The maximum Gasteiger partial charge on any atom is 0.252 e. The van der Waals surface area contributed by atoms with Gasteiger partial charge in [0.1, 0.15) is 0 Å². The fourth-order valence-corrected chi connectivity index (χ4v) is 3.97. The molecule has 4 rings (SSSR count). The highest BCUT2D eigenvalue weighted by Crippen LogP contribution is 2.30. The Labute approximate surface area is 152 Å². The van der Waals surface area contributed by atoms with Crippen molar-refractivity contribution < 1.29 is 4.79 Å². The van der Waals surface area contributed by atoms with Crippen LogP contribution in [0, 0.1) is 13.8 Å². The topological polar surface area (TPSA) is 77.6 Å². The Morgan fingerprint density at radius 3 is 2.96 bits per heavy atom. The monoisotopic (exact) mass is 352 g/mol. The number of pyridine rings is 1. The molecule has 1 N–H and O–H groups in total. The van der Waals surface area contributed by atoms with Crippen LogP contribution in [0.25, 0.3) is 11.0 Å². The molecule has 0 saturated heterocycles. The summed E-state index contributed by atoms with van der Waals surface area (Å²) in [6, 6.07) is 1.87. The summed E-state index contributed by atoms with van der Waals surface area (Å²) in [5.41, 5.74) is 5.44. The highest BCUT2D eigenvalue weighted by atomic mass is 16.1. The number of hydrogen-bond acceptors (Lipinski definition) is 4. The molecule has 1 atom stereocenters. The molecule has 7 nitrogen and oxygen atoms in total. The quantitative estimate of drug-likeness (QED) is 0.786. The van der Waals surface area contributed by atoms with E-state index in [2.05, 4.69) is 20.5 Å². The third-order valence-corrected chi connectivity index (χ3v) is 5.23. The summed E-state index contributed by atoms with van der Waals surface area (Å²) in [5, 5.41) is 13.0. The lowest BCUT2D eigenvalue weighted by Gasteiger charge is -2.24. The molecule has 136 valence electrons. The van der Waals surface area contributed by atoms with E-state index in [1.807, 2.05) is 49.4 Å². The van der Waals surface area contributed by atoms with Gasteiger partial charge < -0.3 is 5.32 Å². The summed E-state index contributed by atoms with van der Waals surface area (Å²) in [6.07, 6.45) is 4.88. The van der Waals surface area contributed by atoms with Crippen molar-refractivity contribution in [2.75, 3.05) is 0 Å². The molecule has 0 unspecified atom stereocenters. The normalized spacial score (nSPS) is 16.7. The van der Waals surface area contributed by atoms with Crippen molar-refractivity contribution in [3.63, 3.8) is 0 Å². The van der Waals surface area contributed by atoms with Crippen LogP contribution in [0.1, 0.15) is 58.8 Å². The Morgan fingerprint density at radius 2 is 2.19 bits per heavy atom. The van der Waals surface area contributed by atoms with E-state index in [0.29, 0.717) is 5.56 Å². The van der Waals surface area contributed by atoms with Gasteiger partial charge in [0, 0.05) is 30.5 Å². The average Bonchev–Trinajstić information content (AvgIpc) is 3.15. The lowest BCUT2D eigenvalue weighted by atomic mass is 9.92. The summed E-state index contributed by atoms with van der Waals surface area (Å²) < 4.78 is 3.77. The number of hydrogen-bond donors (Lipinski definition) is 1. The first-order valence-electron chi connectivity index (χ1n) is 9.16. The van der Waals surface area contributed by atoms with Gasteiger partial charge in [-0.15, -0.1) is 0 Å². The van der Waals surface area contributed by atoms with Gasteiger partial charge in [0.2, 0.25) is 0 Å². The number of rotatable bonds is 3. The third kappa shape index (κ3) is 2.58. The molecule has 0 fully saturated rings. The molecule has 1 aliphatic carbocycles. The van der Waals surface area contributed by atoms with Gasteiger partial charge in [0.15, 0.2) is 5.65 Å². The van der Waals surface area contributed by atoms with Gasteiger partial charge >= 0.3 is 0 Å². The van der Waals surface area contributed by atoms with Crippen LogP contribution in [0.3, 0.4) is 0 Å². The molecule has 0 bridgehead atoms. The summed E-state index contributed by atoms with van der Waals surface area (Å²) in [6.45, 7) is 6.60. The number of amides is 1. The zero-order valence-corrected chi connectivity index (χ0v) is 15.7. The maximum absolute atomic E-state index is 13.1. The fourth-order valence-electron chi connectivity index (χ4n) is 3.97. The summed E-state index contributed by atoms with van der Waals surface area (Å²) >= 11 is 0. The van der Waals surface area contributed by atoms with Gasteiger partial charge in [0.25, 0.3) is 5.91 Å². The molecule has 0 aliphatic heterocycles. The highest BCUT2D eigenvalue weighted by molar-refractivity contribution is 6.06. The van der Waals surface area contributed by atoms with E-state index >= 15 is 0 Å². The van der Waals surface area contributed by atoms with Crippen LogP contribution < -0.4 is 5.32 Å². The minimum atomic E-state index is -0.0686. The molecular formula is C19H24N6O. The number of aryl methyl sites for hydroxylation is 4. The molecule has 26 heavy (non-hydrogen) atoms. The summed E-state index contributed by atoms with van der Waals surface area (Å²) in [5.74, 6) is -0.0686. The van der Waals surface area contributed by atoms with E-state index in [1.54, 1.807) is 0 Å². The van der Waals surface area contributed by atoms with E-state index in [9.17, 15) is 4.79 Å². The van der Waals surface area contributed by atoms with E-state index in [1.165, 1.54) is 5.69 Å². The number of carbonyl (C=O) groups excluding carboxylic acids is 1. The molecular weight excluding hydrogens is 328 g/mol. The van der Waals surface area contributed by atoms with Crippen molar-refractivity contribution in [1.29, 1.82) is 0 Å². The van der Waals surface area contributed by atoms with Crippen LogP contribution in [0.2, 0.25) is 0 Å². The van der Waals surface area contributed by atoms with Gasteiger partial charge in [-0.2, -0.15) is 10.2 Å². The molecule has 3 aromatic heterocycles. The molecule has 0 saturated carbocycles. The van der Waals surface area contributed by atoms with E-state index in [0.717, 1.165) is 53.8 Å². The standard InChI is InChI=1S/C19H24N6O/c1-5-25-18-17(12(3)23-25)13(9-11(2)21-18)19(26)22-15-7-6-8-16-14(15)10-20-24(16)4/h9-10,15H,5-8H2,1-4H3,(H,22,26)/t15-/m1/s1. The van der Waals surface area contributed by atoms with Gasteiger partial charge in [0.05, 0.1) is 28.9 Å². The van der Waals surface area contributed by atoms with Crippen LogP contribution in [-0.2, 0) is 20.0 Å². The molecule has 3 heterocycles. The molecule has 1 aliphatic rings. The molecule has 7 heteroatoms. The van der Waals surface area contributed by atoms with Crippen molar-refractivity contribution in [3.8, 4) is 0 Å². The first kappa shape index (κ1) is 16.8. The molecule has 0 aromatic carbocycles. The van der Waals surface area contributed by atoms with E-state index < -0.39 is 0 Å². The Bertz CT molecular complexity index is 999. The predicted octanol–water partition coefficient (Wildman–Crippen LogP) is 2.61. The second-order valence-corrected chi connectivity index (χ2v) is 7.00. The Balaban J connectivity index is 1.73. The largest absolute Gasteiger partial charge is 0.345 e. The Morgan fingerprint density at radius 1 is 1.38 bits per heavy atom. The fraction of sp³-hybridized carbons (Fsp3) is 0.474. The SMILES string of the molecule is CCn1nc(C)c2c(C(=O)N[C@@H]3CCCc4c3cnn4C)cc(C)nc21. The number of fused-ring (bicyclic) bond motifs is 2. The maximum atomic E-state index is 13.1. The number of nitrogens with one attached hydrogen (secondary N) is 1. The lowest BCUT2D eigenvalue weighted by molar-refractivity contribution is 0.0934. The van der Waals surface area contributed by atoms with Gasteiger partial charge in [-0.25, -0.2) is 9.67 Å². The van der Waals surface area contributed by atoms with Gasteiger partial charge in [-0.3, -0.25) is 9.48 Å². The first-order chi connectivity index (χ1) is 12.5. The van der Waals surface area contributed by atoms with Crippen molar-refractivity contribution in [2.24, 2.45) is 7.05 Å². The second kappa shape index (κ2) is 6.23. The molecule has 1 amide bonds. The molecule has 0 radical (unpaired) electrons. The van der Waals surface area contributed by atoms with Crippen molar-refractivity contribution in [2.45, 2.75) is 52.6 Å². The van der Waals surface area contributed by atoms with Crippen LogP contribution in [0.15, 0.2) is 12.3 Å². The third-order valence-electron chi connectivity index (χ3n) is 5.23. The number of carbonyl (C=O) groups is 1. The summed E-state index contributed by atoms with van der Waals surface area (Å²) in [7, 11) is 1.96. The second-order valence-electron chi connectivity index (χ2n) is 7.00. The van der Waals surface area contributed by atoms with Crippen molar-refractivity contribution >= 4 is 16.9 Å². The van der Waals surface area contributed by atoms with Gasteiger partial charge in [-0.1, -0.05) is 0 Å². The van der Waals surface area contributed by atoms with Crippen LogP contribution in [-0.4, -0.2) is 30.5 Å². The average molecular weight is 352 g/mol. The molecule has 3 aromatic rings. The van der Waals surface area contributed by atoms with Crippen LogP contribution in [0.4, 0.5) is 0 Å². The van der Waals surface area contributed by atoms with Crippen molar-refractivity contribution in [3.05, 3.63) is 40.5 Å². The number of aromatic nitrogens is 5. The zero-order valence-electron chi connectivity index (χ0n) is 15.7. The Kier molecular flexibility index (Phi) is 4.01. The highest BCUT2D eigenvalue weighted by Gasteiger charge is 2.26. The summed E-state index contributed by atoms with van der Waals surface area (Å²) in [4.78, 5) is 17.7. The minimum absolute atomic E-state index is 0.00463.